The molecule has 0 heterocycles. The second kappa shape index (κ2) is 4.43. The van der Waals surface area contributed by atoms with Gasteiger partial charge in [-0.3, -0.25) is 4.79 Å². The van der Waals surface area contributed by atoms with Crippen molar-refractivity contribution in [3.8, 4) is 0 Å². The molecule has 15 heavy (non-hydrogen) atoms. The lowest BCUT2D eigenvalue weighted by Crippen LogP contribution is -2.19. The molecule has 0 atom stereocenters. The van der Waals surface area contributed by atoms with E-state index in [1.807, 2.05) is 0 Å². The van der Waals surface area contributed by atoms with Gasteiger partial charge in [-0.05, 0) is 0 Å². The molecular formula is C7H3ClF5NO. The molecule has 2 nitrogen and oxygen atoms in total. The molecule has 1 aromatic carbocycles. The van der Waals surface area contributed by atoms with Gasteiger partial charge in [-0.15, -0.1) is 12.4 Å². The molecule has 0 aromatic heterocycles. The van der Waals surface area contributed by atoms with E-state index in [0.29, 0.717) is 0 Å². The van der Waals surface area contributed by atoms with Gasteiger partial charge >= 0.3 is 0 Å². The van der Waals surface area contributed by atoms with E-state index in [1.165, 1.54) is 0 Å². The van der Waals surface area contributed by atoms with E-state index in [2.05, 4.69) is 5.73 Å². The molecule has 0 saturated heterocycles. The molecule has 1 rings (SSSR count). The summed E-state index contributed by atoms with van der Waals surface area (Å²) < 4.78 is 62.4. The number of hydrogen-bond donors (Lipinski definition) is 1. The quantitative estimate of drug-likeness (QED) is 0.460. The molecule has 0 spiro atoms. The van der Waals surface area contributed by atoms with Crippen LogP contribution < -0.4 is 5.73 Å². The summed E-state index contributed by atoms with van der Waals surface area (Å²) >= 11 is 0. The molecule has 0 aliphatic carbocycles. The van der Waals surface area contributed by atoms with Crippen LogP contribution in [0.1, 0.15) is 10.4 Å². The summed E-state index contributed by atoms with van der Waals surface area (Å²) in [7, 11) is 0. The van der Waals surface area contributed by atoms with E-state index in [9.17, 15) is 26.7 Å². The zero-order chi connectivity index (χ0) is 11.0. The number of amides is 1. The highest BCUT2D eigenvalue weighted by molar-refractivity contribution is 5.93. The van der Waals surface area contributed by atoms with Crippen LogP contribution in [-0.4, -0.2) is 5.91 Å². The highest BCUT2D eigenvalue weighted by atomic mass is 35.5. The third kappa shape index (κ3) is 2.01. The van der Waals surface area contributed by atoms with Crippen molar-refractivity contribution in [2.75, 3.05) is 0 Å². The summed E-state index contributed by atoms with van der Waals surface area (Å²) in [6.07, 6.45) is 0. The van der Waals surface area contributed by atoms with Crippen molar-refractivity contribution in [3.05, 3.63) is 34.6 Å². The van der Waals surface area contributed by atoms with Gasteiger partial charge in [-0.1, -0.05) is 0 Å². The topological polar surface area (TPSA) is 43.1 Å². The van der Waals surface area contributed by atoms with Gasteiger partial charge in [0, 0.05) is 0 Å². The predicted octanol–water partition coefficient (Wildman–Crippen LogP) is 1.90. The Morgan fingerprint density at radius 1 is 0.800 bits per heavy atom. The molecule has 0 bridgehead atoms. The van der Waals surface area contributed by atoms with Gasteiger partial charge in [0.15, 0.2) is 23.3 Å². The highest BCUT2D eigenvalue weighted by Gasteiger charge is 2.28. The van der Waals surface area contributed by atoms with Crippen LogP contribution in [0.3, 0.4) is 0 Å². The van der Waals surface area contributed by atoms with Crippen LogP contribution in [0.5, 0.6) is 0 Å². The van der Waals surface area contributed by atoms with Crippen molar-refractivity contribution in [2.24, 2.45) is 5.73 Å². The number of benzene rings is 1. The highest BCUT2D eigenvalue weighted by Crippen LogP contribution is 2.22. The third-order valence-corrected chi connectivity index (χ3v) is 1.46. The average molecular weight is 248 g/mol. The number of carbonyl (C=O) groups is 1. The Hall–Kier alpha value is -1.37. The van der Waals surface area contributed by atoms with Gasteiger partial charge < -0.3 is 5.73 Å². The minimum Gasteiger partial charge on any atom is -0.365 e. The molecule has 84 valence electrons. The standard InChI is InChI=1S/C7H2F5NO.ClH/c8-2-1(7(13)14)3(9)5(11)6(12)4(2)10;/h(H2,13,14);1H. The van der Waals surface area contributed by atoms with Crippen LogP contribution in [-0.2, 0) is 0 Å². The smallest absolute Gasteiger partial charge is 0.254 e. The van der Waals surface area contributed by atoms with E-state index in [0.717, 1.165) is 0 Å². The molecule has 0 radical (unpaired) electrons. The first kappa shape index (κ1) is 13.6. The molecule has 1 amide bonds. The Labute approximate surface area is 86.3 Å². The Balaban J connectivity index is 0.00000196. The molecule has 0 unspecified atom stereocenters. The lowest BCUT2D eigenvalue weighted by atomic mass is 10.1. The fourth-order valence-corrected chi connectivity index (χ4v) is 0.821. The number of nitrogens with two attached hydrogens (primary N) is 1. The molecule has 2 N–H and O–H groups in total. The van der Waals surface area contributed by atoms with Gasteiger partial charge in [0.05, 0.1) is 0 Å². The summed E-state index contributed by atoms with van der Waals surface area (Å²) in [6, 6.07) is 0. The maximum atomic E-state index is 12.6. The first-order chi connectivity index (χ1) is 6.37. The van der Waals surface area contributed by atoms with Crippen LogP contribution in [0.25, 0.3) is 0 Å². The largest absolute Gasteiger partial charge is 0.365 e. The van der Waals surface area contributed by atoms with Gasteiger partial charge in [0.2, 0.25) is 5.82 Å². The fraction of sp³-hybridized carbons (Fsp3) is 0. The van der Waals surface area contributed by atoms with E-state index < -0.39 is 40.6 Å². The van der Waals surface area contributed by atoms with Crippen LogP contribution >= 0.6 is 12.4 Å². The van der Waals surface area contributed by atoms with E-state index in [4.69, 9.17) is 0 Å². The minimum absolute atomic E-state index is 0. The molecule has 0 aliphatic heterocycles. The number of carbonyl (C=O) groups excluding carboxylic acids is 1. The van der Waals surface area contributed by atoms with Crippen molar-refractivity contribution < 1.29 is 26.7 Å². The van der Waals surface area contributed by atoms with Crippen molar-refractivity contribution in [2.45, 2.75) is 0 Å². The van der Waals surface area contributed by atoms with Gasteiger partial charge in [-0.25, -0.2) is 22.0 Å². The van der Waals surface area contributed by atoms with Crippen molar-refractivity contribution >= 4 is 18.3 Å². The lowest BCUT2D eigenvalue weighted by Gasteiger charge is -2.03. The summed E-state index contributed by atoms with van der Waals surface area (Å²) in [5.41, 5.74) is 2.79. The number of primary amides is 1. The number of hydrogen-bond acceptors (Lipinski definition) is 1. The van der Waals surface area contributed by atoms with E-state index in [-0.39, 0.29) is 12.4 Å². The maximum Gasteiger partial charge on any atom is 0.254 e. The number of halogens is 6. The normalized spacial score (nSPS) is 9.67. The fourth-order valence-electron chi connectivity index (χ4n) is 0.821. The Kier molecular flexibility index (Phi) is 4.03. The van der Waals surface area contributed by atoms with Crippen LogP contribution in [0, 0.1) is 29.1 Å². The Bertz CT molecular complexity index is 393. The Morgan fingerprint density at radius 3 is 1.33 bits per heavy atom. The summed E-state index contributed by atoms with van der Waals surface area (Å²) in [5, 5.41) is 0. The monoisotopic (exact) mass is 247 g/mol. The molecular weight excluding hydrogens is 245 g/mol. The van der Waals surface area contributed by atoms with E-state index in [1.54, 1.807) is 0 Å². The average Bonchev–Trinajstić information content (AvgIpc) is 2.11. The Morgan fingerprint density at radius 2 is 1.07 bits per heavy atom. The second-order valence-electron chi connectivity index (χ2n) is 2.31. The van der Waals surface area contributed by atoms with Crippen LogP contribution in [0.15, 0.2) is 0 Å². The molecule has 0 saturated carbocycles. The first-order valence-corrected chi connectivity index (χ1v) is 3.19. The van der Waals surface area contributed by atoms with Gasteiger partial charge in [-0.2, -0.15) is 0 Å². The summed E-state index contributed by atoms with van der Waals surface area (Å²) in [6.45, 7) is 0. The predicted molar refractivity (Wildman–Crippen MR) is 42.0 cm³/mol. The first-order valence-electron chi connectivity index (χ1n) is 3.19. The molecule has 0 fully saturated rings. The van der Waals surface area contributed by atoms with Crippen LogP contribution in [0.2, 0.25) is 0 Å². The SMILES string of the molecule is Cl.NC(=O)c1c(F)c(F)c(F)c(F)c1F. The number of rotatable bonds is 1. The van der Waals surface area contributed by atoms with Crippen LogP contribution in [0.4, 0.5) is 22.0 Å². The lowest BCUT2D eigenvalue weighted by molar-refractivity contribution is 0.0989. The maximum absolute atomic E-state index is 12.6. The molecule has 8 heteroatoms. The molecule has 1 aromatic rings. The van der Waals surface area contributed by atoms with Gasteiger partial charge in [0.1, 0.15) is 5.56 Å². The molecule has 0 aliphatic rings. The third-order valence-electron chi connectivity index (χ3n) is 1.46. The van der Waals surface area contributed by atoms with E-state index >= 15 is 0 Å². The summed E-state index contributed by atoms with van der Waals surface area (Å²) in [4.78, 5) is 10.3. The van der Waals surface area contributed by atoms with Gasteiger partial charge in [0.25, 0.3) is 5.91 Å². The van der Waals surface area contributed by atoms with Crippen molar-refractivity contribution in [3.63, 3.8) is 0 Å². The zero-order valence-electron chi connectivity index (χ0n) is 6.78. The minimum atomic E-state index is -2.33. The second-order valence-corrected chi connectivity index (χ2v) is 2.31. The summed E-state index contributed by atoms with van der Waals surface area (Å²) in [5.74, 6) is -12.9. The van der Waals surface area contributed by atoms with Crippen molar-refractivity contribution in [1.82, 2.24) is 0 Å². The van der Waals surface area contributed by atoms with Crippen molar-refractivity contribution in [1.29, 1.82) is 0 Å². The zero-order valence-corrected chi connectivity index (χ0v) is 7.60.